The Balaban J connectivity index is 1.59. The Hall–Kier alpha value is -1.92. The number of carbonyl (C=O) groups excluding carboxylic acids is 2. The smallest absolute Gasteiger partial charge is 0.312 e. The van der Waals surface area contributed by atoms with Gasteiger partial charge in [0.2, 0.25) is 0 Å². The van der Waals surface area contributed by atoms with Crippen LogP contribution < -0.4 is 0 Å². The van der Waals surface area contributed by atoms with E-state index in [-0.39, 0.29) is 12.4 Å². The lowest BCUT2D eigenvalue weighted by molar-refractivity contribution is -0.164. The van der Waals surface area contributed by atoms with Gasteiger partial charge < -0.3 is 18.9 Å². The molecule has 1 heterocycles. The van der Waals surface area contributed by atoms with Crippen LogP contribution in [0, 0.1) is 5.92 Å². The zero-order chi connectivity index (χ0) is 17.0. The molecule has 0 bridgehead atoms. The van der Waals surface area contributed by atoms with Gasteiger partial charge in [-0.05, 0) is 12.0 Å². The molecular formula is C18H22O6. The van der Waals surface area contributed by atoms with Gasteiger partial charge in [0.15, 0.2) is 5.79 Å². The first-order valence-electron chi connectivity index (χ1n) is 8.21. The van der Waals surface area contributed by atoms with Crippen molar-refractivity contribution in [2.24, 2.45) is 5.92 Å². The van der Waals surface area contributed by atoms with Gasteiger partial charge in [-0.1, -0.05) is 30.3 Å². The molecule has 1 spiro atoms. The maximum Gasteiger partial charge on any atom is 0.312 e. The summed E-state index contributed by atoms with van der Waals surface area (Å²) >= 11 is 0. The van der Waals surface area contributed by atoms with E-state index in [1.54, 1.807) is 0 Å². The van der Waals surface area contributed by atoms with Crippen LogP contribution in [-0.2, 0) is 35.0 Å². The van der Waals surface area contributed by atoms with Crippen LogP contribution >= 0.6 is 0 Å². The van der Waals surface area contributed by atoms with Gasteiger partial charge >= 0.3 is 11.9 Å². The summed E-state index contributed by atoms with van der Waals surface area (Å²) in [6.45, 7) is 0.977. The van der Waals surface area contributed by atoms with E-state index in [4.69, 9.17) is 18.9 Å². The molecule has 1 aliphatic heterocycles. The summed E-state index contributed by atoms with van der Waals surface area (Å²) in [4.78, 5) is 24.2. The highest BCUT2D eigenvalue weighted by Gasteiger charge is 2.54. The standard InChI is InChI=1S/C18H22O6/c1-21-17(20)14-11-18(22-9-10-23-18)12-15(14)24-16(19)8-7-13-5-3-2-4-6-13/h2-6,14-15H,7-12H2,1H3/t14-,15-/m0/s1. The highest BCUT2D eigenvalue weighted by molar-refractivity contribution is 5.75. The van der Waals surface area contributed by atoms with Crippen LogP contribution in [0.5, 0.6) is 0 Å². The zero-order valence-corrected chi connectivity index (χ0v) is 13.7. The third kappa shape index (κ3) is 3.76. The molecule has 1 saturated carbocycles. The number of benzene rings is 1. The maximum absolute atomic E-state index is 12.2. The molecular weight excluding hydrogens is 312 g/mol. The van der Waals surface area contributed by atoms with E-state index in [2.05, 4.69) is 0 Å². The number of hydrogen-bond donors (Lipinski definition) is 0. The third-order valence-corrected chi connectivity index (χ3v) is 4.55. The molecule has 1 aliphatic carbocycles. The van der Waals surface area contributed by atoms with E-state index in [0.29, 0.717) is 32.5 Å². The van der Waals surface area contributed by atoms with Crippen molar-refractivity contribution >= 4 is 11.9 Å². The van der Waals surface area contributed by atoms with E-state index in [1.165, 1.54) is 7.11 Å². The molecule has 2 atom stereocenters. The largest absolute Gasteiger partial charge is 0.469 e. The highest BCUT2D eigenvalue weighted by Crippen LogP contribution is 2.43. The zero-order valence-electron chi connectivity index (χ0n) is 13.7. The first-order chi connectivity index (χ1) is 11.6. The van der Waals surface area contributed by atoms with Gasteiger partial charge in [0, 0.05) is 19.3 Å². The molecule has 6 nitrogen and oxygen atoms in total. The molecule has 2 fully saturated rings. The second-order valence-corrected chi connectivity index (χ2v) is 6.16. The van der Waals surface area contributed by atoms with Gasteiger partial charge in [-0.2, -0.15) is 0 Å². The molecule has 2 aliphatic rings. The lowest BCUT2D eigenvalue weighted by Crippen LogP contribution is -2.29. The normalized spacial score (nSPS) is 24.9. The Morgan fingerprint density at radius 2 is 1.88 bits per heavy atom. The molecule has 1 aromatic rings. The van der Waals surface area contributed by atoms with Crippen molar-refractivity contribution in [1.29, 1.82) is 0 Å². The number of rotatable bonds is 5. The number of ether oxygens (including phenoxy) is 4. The van der Waals surface area contributed by atoms with Crippen molar-refractivity contribution < 1.29 is 28.5 Å². The van der Waals surface area contributed by atoms with E-state index >= 15 is 0 Å². The molecule has 24 heavy (non-hydrogen) atoms. The highest BCUT2D eigenvalue weighted by atomic mass is 16.7. The predicted molar refractivity (Wildman–Crippen MR) is 84.0 cm³/mol. The summed E-state index contributed by atoms with van der Waals surface area (Å²) in [5.74, 6) is -2.09. The summed E-state index contributed by atoms with van der Waals surface area (Å²) in [7, 11) is 1.33. The van der Waals surface area contributed by atoms with Gasteiger partial charge in [-0.3, -0.25) is 9.59 Å². The number of methoxy groups -OCH3 is 1. The van der Waals surface area contributed by atoms with Gasteiger partial charge in [-0.15, -0.1) is 0 Å². The van der Waals surface area contributed by atoms with Gasteiger partial charge in [-0.25, -0.2) is 0 Å². The predicted octanol–water partition coefficient (Wildman–Crippen LogP) is 1.86. The van der Waals surface area contributed by atoms with E-state index in [9.17, 15) is 9.59 Å². The summed E-state index contributed by atoms with van der Waals surface area (Å²) in [6.07, 6.45) is 1.02. The molecule has 1 saturated heterocycles. The summed E-state index contributed by atoms with van der Waals surface area (Å²) in [5.41, 5.74) is 1.07. The lowest BCUT2D eigenvalue weighted by atomic mass is 10.1. The minimum atomic E-state index is -0.816. The minimum Gasteiger partial charge on any atom is -0.469 e. The van der Waals surface area contributed by atoms with Crippen LogP contribution in [0.3, 0.4) is 0 Å². The quantitative estimate of drug-likeness (QED) is 0.766. The van der Waals surface area contributed by atoms with E-state index < -0.39 is 23.8 Å². The Bertz CT molecular complexity index is 578. The molecule has 0 unspecified atom stereocenters. The number of esters is 2. The maximum atomic E-state index is 12.2. The van der Waals surface area contributed by atoms with Crippen LogP contribution in [0.2, 0.25) is 0 Å². The minimum absolute atomic E-state index is 0.267. The van der Waals surface area contributed by atoms with Crippen molar-refractivity contribution in [2.75, 3.05) is 20.3 Å². The van der Waals surface area contributed by atoms with Crippen LogP contribution in [0.1, 0.15) is 24.8 Å². The summed E-state index contributed by atoms with van der Waals surface area (Å²) < 4.78 is 21.7. The Morgan fingerprint density at radius 3 is 2.54 bits per heavy atom. The van der Waals surface area contributed by atoms with Crippen LogP contribution in [-0.4, -0.2) is 44.2 Å². The molecule has 130 valence electrons. The van der Waals surface area contributed by atoms with E-state index in [0.717, 1.165) is 5.56 Å². The average molecular weight is 334 g/mol. The second kappa shape index (κ2) is 7.32. The summed E-state index contributed by atoms with van der Waals surface area (Å²) in [6, 6.07) is 9.74. The fourth-order valence-corrected chi connectivity index (χ4v) is 3.36. The van der Waals surface area contributed by atoms with Gasteiger partial charge in [0.05, 0.1) is 26.2 Å². The number of aryl methyl sites for hydroxylation is 1. The molecule has 6 heteroatoms. The third-order valence-electron chi connectivity index (χ3n) is 4.55. The molecule has 0 radical (unpaired) electrons. The fraction of sp³-hybridized carbons (Fsp3) is 0.556. The van der Waals surface area contributed by atoms with Crippen molar-refractivity contribution in [3.63, 3.8) is 0 Å². The Kier molecular flexibility index (Phi) is 5.16. The Labute approximate surface area is 141 Å². The van der Waals surface area contributed by atoms with Crippen LogP contribution in [0.25, 0.3) is 0 Å². The van der Waals surface area contributed by atoms with Gasteiger partial charge in [0.25, 0.3) is 0 Å². The molecule has 0 N–H and O–H groups in total. The van der Waals surface area contributed by atoms with Crippen LogP contribution in [0.4, 0.5) is 0 Å². The SMILES string of the molecule is COC(=O)[C@H]1CC2(C[C@@H]1OC(=O)CCc1ccccc1)OCCO2. The molecule has 0 aromatic heterocycles. The average Bonchev–Trinajstić information content (AvgIpc) is 3.20. The van der Waals surface area contributed by atoms with Gasteiger partial charge in [0.1, 0.15) is 6.10 Å². The summed E-state index contributed by atoms with van der Waals surface area (Å²) in [5, 5.41) is 0. The first-order valence-corrected chi connectivity index (χ1v) is 8.21. The molecule has 1 aromatic carbocycles. The van der Waals surface area contributed by atoms with Crippen molar-refractivity contribution in [3.8, 4) is 0 Å². The first kappa shape index (κ1) is 16.9. The lowest BCUT2D eigenvalue weighted by Gasteiger charge is -2.21. The second-order valence-electron chi connectivity index (χ2n) is 6.16. The number of hydrogen-bond acceptors (Lipinski definition) is 6. The monoisotopic (exact) mass is 334 g/mol. The molecule has 3 rings (SSSR count). The van der Waals surface area contributed by atoms with E-state index in [1.807, 2.05) is 30.3 Å². The van der Waals surface area contributed by atoms with Crippen LogP contribution in [0.15, 0.2) is 30.3 Å². The number of carbonyl (C=O) groups is 2. The van der Waals surface area contributed by atoms with Crippen molar-refractivity contribution in [3.05, 3.63) is 35.9 Å². The Morgan fingerprint density at radius 1 is 1.17 bits per heavy atom. The topological polar surface area (TPSA) is 71.1 Å². The van der Waals surface area contributed by atoms with Crippen molar-refractivity contribution in [1.82, 2.24) is 0 Å². The van der Waals surface area contributed by atoms with Crippen molar-refractivity contribution in [2.45, 2.75) is 37.6 Å². The molecule has 0 amide bonds. The fourth-order valence-electron chi connectivity index (χ4n) is 3.36.